The molecule has 148 valence electrons. The molecular weight excluding hydrogens is 360 g/mol. The van der Waals surface area contributed by atoms with E-state index in [1.54, 1.807) is 35.6 Å². The lowest BCUT2D eigenvalue weighted by molar-refractivity contribution is -0.125. The summed E-state index contributed by atoms with van der Waals surface area (Å²) in [7, 11) is 0. The van der Waals surface area contributed by atoms with Crippen LogP contribution in [-0.4, -0.2) is 58.4 Å². The Kier molecular flexibility index (Phi) is 5.40. The number of carbonyl (C=O) groups is 2. The van der Waals surface area contributed by atoms with Crippen molar-refractivity contribution >= 4 is 17.5 Å². The van der Waals surface area contributed by atoms with Gasteiger partial charge >= 0.3 is 0 Å². The van der Waals surface area contributed by atoms with Crippen LogP contribution in [0.1, 0.15) is 23.2 Å². The second kappa shape index (κ2) is 8.12. The molecule has 3 atom stereocenters. The van der Waals surface area contributed by atoms with Gasteiger partial charge in [-0.15, -0.1) is 0 Å². The highest BCUT2D eigenvalue weighted by atomic mass is 16.5. The number of rotatable bonds is 5. The first-order chi connectivity index (χ1) is 13.6. The Morgan fingerprint density at radius 2 is 2.25 bits per heavy atom. The monoisotopic (exact) mass is 384 g/mol. The number of aliphatic hydroxyl groups is 1. The molecule has 2 fully saturated rings. The number of anilines is 1. The number of aliphatic hydroxyl groups excluding tert-OH is 1. The molecule has 1 unspecified atom stereocenters. The van der Waals surface area contributed by atoms with Crippen LogP contribution in [0.4, 0.5) is 5.69 Å². The van der Waals surface area contributed by atoms with Gasteiger partial charge in [0.15, 0.2) is 0 Å². The first-order valence-electron chi connectivity index (χ1n) is 9.53. The maximum Gasteiger partial charge on any atom is 0.253 e. The fraction of sp³-hybridized carbons (Fsp3) is 0.450. The topological polar surface area (TPSA) is 96.7 Å². The molecule has 1 saturated heterocycles. The molecule has 0 spiro atoms. The predicted octanol–water partition coefficient (Wildman–Crippen LogP) is 0.816. The van der Waals surface area contributed by atoms with Crippen molar-refractivity contribution in [3.05, 3.63) is 48.5 Å². The Bertz CT molecular complexity index is 838. The van der Waals surface area contributed by atoms with E-state index in [0.717, 1.165) is 6.54 Å². The van der Waals surface area contributed by atoms with Crippen molar-refractivity contribution in [3.8, 4) is 0 Å². The summed E-state index contributed by atoms with van der Waals surface area (Å²) in [6, 6.07) is 6.72. The Hall–Kier alpha value is -2.71. The van der Waals surface area contributed by atoms with E-state index in [4.69, 9.17) is 4.74 Å². The van der Waals surface area contributed by atoms with Crippen LogP contribution in [-0.2, 0) is 16.1 Å². The number of hydrogen-bond acceptors (Lipinski definition) is 5. The summed E-state index contributed by atoms with van der Waals surface area (Å²) in [6.45, 7) is 1.79. The number of amides is 2. The molecule has 2 N–H and O–H groups in total. The average molecular weight is 384 g/mol. The number of hydrogen-bond donors (Lipinski definition) is 2. The highest BCUT2D eigenvalue weighted by molar-refractivity contribution is 5.98. The van der Waals surface area contributed by atoms with Gasteiger partial charge in [0.05, 0.1) is 25.1 Å². The standard InChI is InChI=1S/C20H24N4O4/c25-18-9-14(11-23-5-4-21-13-23)8-17(18)22-20(27)15-2-1-3-16(10-15)24-6-7-28-12-19(24)26/h1-5,10,13-14,17-18,25H,6-9,11-12H2,(H,22,27)/t14?,17-,18-/m1/s1. The predicted molar refractivity (Wildman–Crippen MR) is 102 cm³/mol. The van der Waals surface area contributed by atoms with Crippen LogP contribution < -0.4 is 10.2 Å². The molecule has 4 rings (SSSR count). The summed E-state index contributed by atoms with van der Waals surface area (Å²) in [4.78, 5) is 30.4. The van der Waals surface area contributed by atoms with Crippen molar-refractivity contribution in [2.45, 2.75) is 31.5 Å². The van der Waals surface area contributed by atoms with Gasteiger partial charge in [0.1, 0.15) is 6.61 Å². The highest BCUT2D eigenvalue weighted by Gasteiger charge is 2.34. The molecule has 0 bridgehead atoms. The first kappa shape index (κ1) is 18.6. The lowest BCUT2D eigenvalue weighted by atomic mass is 10.1. The van der Waals surface area contributed by atoms with Gasteiger partial charge in [-0.25, -0.2) is 4.98 Å². The number of morpholine rings is 1. The van der Waals surface area contributed by atoms with E-state index in [-0.39, 0.29) is 30.4 Å². The van der Waals surface area contributed by atoms with Gasteiger partial charge in [-0.3, -0.25) is 9.59 Å². The van der Waals surface area contributed by atoms with Gasteiger partial charge in [0.25, 0.3) is 11.8 Å². The number of aromatic nitrogens is 2. The van der Waals surface area contributed by atoms with Crippen molar-refractivity contribution in [1.29, 1.82) is 0 Å². The lowest BCUT2D eigenvalue weighted by Crippen LogP contribution is -2.42. The molecule has 1 aromatic heterocycles. The van der Waals surface area contributed by atoms with Crippen molar-refractivity contribution in [2.75, 3.05) is 24.7 Å². The second-order valence-corrected chi connectivity index (χ2v) is 7.39. The molecule has 28 heavy (non-hydrogen) atoms. The van der Waals surface area contributed by atoms with E-state index in [0.29, 0.717) is 37.2 Å². The summed E-state index contributed by atoms with van der Waals surface area (Å²) < 4.78 is 7.15. The highest BCUT2D eigenvalue weighted by Crippen LogP contribution is 2.28. The number of nitrogens with zero attached hydrogens (tertiary/aromatic N) is 3. The maximum absolute atomic E-state index is 12.7. The molecule has 1 saturated carbocycles. The molecule has 2 amide bonds. The average Bonchev–Trinajstić information content (AvgIpc) is 3.32. The molecule has 0 radical (unpaired) electrons. The molecule has 2 heterocycles. The molecule has 8 heteroatoms. The van der Waals surface area contributed by atoms with E-state index < -0.39 is 6.10 Å². The van der Waals surface area contributed by atoms with Crippen LogP contribution in [0.15, 0.2) is 43.0 Å². The number of benzene rings is 1. The van der Waals surface area contributed by atoms with E-state index >= 15 is 0 Å². The molecule has 2 aromatic rings. The van der Waals surface area contributed by atoms with Gasteiger partial charge < -0.3 is 24.6 Å². The van der Waals surface area contributed by atoms with E-state index in [1.165, 1.54) is 0 Å². The third-order valence-corrected chi connectivity index (χ3v) is 5.38. The fourth-order valence-corrected chi connectivity index (χ4v) is 3.97. The zero-order valence-electron chi connectivity index (χ0n) is 15.5. The normalized spacial score (nSPS) is 25.1. The minimum Gasteiger partial charge on any atom is -0.391 e. The zero-order valence-corrected chi connectivity index (χ0v) is 15.5. The number of nitrogens with one attached hydrogen (secondary N) is 1. The minimum atomic E-state index is -0.568. The summed E-state index contributed by atoms with van der Waals surface area (Å²) >= 11 is 0. The van der Waals surface area contributed by atoms with Crippen molar-refractivity contribution in [3.63, 3.8) is 0 Å². The van der Waals surface area contributed by atoms with Gasteiger partial charge in [-0.2, -0.15) is 0 Å². The Morgan fingerprint density at radius 3 is 3.04 bits per heavy atom. The first-order valence-corrected chi connectivity index (χ1v) is 9.53. The van der Waals surface area contributed by atoms with Crippen LogP contribution in [0, 0.1) is 5.92 Å². The second-order valence-electron chi connectivity index (χ2n) is 7.39. The number of carbonyl (C=O) groups excluding carboxylic acids is 2. The smallest absolute Gasteiger partial charge is 0.253 e. The molecule has 1 aromatic carbocycles. The van der Waals surface area contributed by atoms with Crippen molar-refractivity contribution < 1.29 is 19.4 Å². The van der Waals surface area contributed by atoms with Gasteiger partial charge in [-0.1, -0.05) is 6.07 Å². The molecular formula is C20H24N4O4. The summed E-state index contributed by atoms with van der Waals surface area (Å²) in [5.74, 6) is -0.0703. The molecule has 1 aliphatic heterocycles. The number of imidazole rings is 1. The maximum atomic E-state index is 12.7. The summed E-state index contributed by atoms with van der Waals surface area (Å²) in [6.07, 6.45) is 6.18. The van der Waals surface area contributed by atoms with Crippen LogP contribution >= 0.6 is 0 Å². The largest absolute Gasteiger partial charge is 0.391 e. The van der Waals surface area contributed by atoms with Gasteiger partial charge in [0, 0.05) is 36.7 Å². The Morgan fingerprint density at radius 1 is 1.36 bits per heavy atom. The zero-order chi connectivity index (χ0) is 19.5. The lowest BCUT2D eigenvalue weighted by Gasteiger charge is -2.27. The van der Waals surface area contributed by atoms with Gasteiger partial charge in [0.2, 0.25) is 0 Å². The van der Waals surface area contributed by atoms with Crippen LogP contribution in [0.25, 0.3) is 0 Å². The third-order valence-electron chi connectivity index (χ3n) is 5.38. The number of ether oxygens (including phenoxy) is 1. The van der Waals surface area contributed by atoms with Crippen molar-refractivity contribution in [1.82, 2.24) is 14.9 Å². The van der Waals surface area contributed by atoms with E-state index in [1.807, 2.05) is 16.8 Å². The van der Waals surface area contributed by atoms with Crippen LogP contribution in [0.2, 0.25) is 0 Å². The van der Waals surface area contributed by atoms with Gasteiger partial charge in [-0.05, 0) is 37.0 Å². The SMILES string of the molecule is O=C(N[C@@H]1CC(Cn2ccnc2)C[C@H]1O)c1cccc(N2CCOCC2=O)c1. The van der Waals surface area contributed by atoms with Crippen molar-refractivity contribution in [2.24, 2.45) is 5.92 Å². The molecule has 8 nitrogen and oxygen atoms in total. The van der Waals surface area contributed by atoms with Crippen LogP contribution in [0.3, 0.4) is 0 Å². The summed E-state index contributed by atoms with van der Waals surface area (Å²) in [5, 5.41) is 13.3. The quantitative estimate of drug-likeness (QED) is 0.796. The Labute approximate surface area is 163 Å². The Balaban J connectivity index is 1.39. The summed E-state index contributed by atoms with van der Waals surface area (Å²) in [5.41, 5.74) is 1.16. The fourth-order valence-electron chi connectivity index (χ4n) is 3.97. The van der Waals surface area contributed by atoms with E-state index in [2.05, 4.69) is 10.3 Å². The third kappa shape index (κ3) is 4.07. The molecule has 1 aliphatic carbocycles. The molecule has 2 aliphatic rings. The van der Waals surface area contributed by atoms with E-state index in [9.17, 15) is 14.7 Å². The van der Waals surface area contributed by atoms with Crippen LogP contribution in [0.5, 0.6) is 0 Å². The minimum absolute atomic E-state index is 0.0585.